The normalized spacial score (nSPS) is 18.8. The van der Waals surface area contributed by atoms with E-state index in [-0.39, 0.29) is 58.8 Å². The number of carbonyl (C=O) groups excluding carboxylic acids is 4. The van der Waals surface area contributed by atoms with Crippen molar-refractivity contribution in [1.82, 2.24) is 30.1 Å². The predicted octanol–water partition coefficient (Wildman–Crippen LogP) is 6.05. The lowest BCUT2D eigenvalue weighted by Crippen LogP contribution is -2.53. The van der Waals surface area contributed by atoms with Crippen molar-refractivity contribution < 1.29 is 56.4 Å². The summed E-state index contributed by atoms with van der Waals surface area (Å²) in [5, 5.41) is 14.8. The first-order valence-corrected chi connectivity index (χ1v) is 21.8. The van der Waals surface area contributed by atoms with Gasteiger partial charge in [-0.05, 0) is 61.9 Å². The molecule has 2 aromatic heterocycles. The molecule has 3 aliphatic heterocycles. The molecule has 0 aliphatic carbocycles. The molecule has 0 bridgehead atoms. The molecule has 2 aromatic carbocycles. The van der Waals surface area contributed by atoms with Gasteiger partial charge in [0.25, 0.3) is 5.91 Å². The number of nitrogens with zero attached hydrogens (tertiary/aromatic N) is 5. The molecule has 3 fully saturated rings. The number of anilines is 2. The maximum atomic E-state index is 14.2. The first-order chi connectivity index (χ1) is 31.5. The van der Waals surface area contributed by atoms with Gasteiger partial charge in [-0.2, -0.15) is 0 Å². The SMILES string of the molecule is COC(=O)NC(C(=O)N1CC(OC)CC1c1ncc(-c2ccc(-c3cc(Cl)c(NC(=O)c4ccc(N5CCN(C(=O)C(C)(C)CO)CC5)nc4)cc3OC(F)(F)F)cc2)[nH]1)C1CCOCC1. The van der Waals surface area contributed by atoms with Crippen molar-refractivity contribution in [3.05, 3.63) is 77.3 Å². The molecule has 17 nitrogen and oxygen atoms in total. The Morgan fingerprint density at radius 3 is 2.29 bits per heavy atom. The van der Waals surface area contributed by atoms with E-state index >= 15 is 0 Å². The third-order valence-corrected chi connectivity index (χ3v) is 12.5. The van der Waals surface area contributed by atoms with Crippen molar-refractivity contribution >= 4 is 46.9 Å². The lowest BCUT2D eigenvalue weighted by atomic mass is 9.90. The van der Waals surface area contributed by atoms with E-state index in [1.807, 2.05) is 4.90 Å². The second-order valence-corrected chi connectivity index (χ2v) is 17.4. The number of aliphatic hydroxyl groups is 1. The number of rotatable bonds is 13. The molecule has 5 heterocycles. The van der Waals surface area contributed by atoms with E-state index in [2.05, 4.69) is 30.3 Å². The van der Waals surface area contributed by atoms with Crippen molar-refractivity contribution in [1.29, 1.82) is 0 Å². The highest BCUT2D eigenvalue weighted by Crippen LogP contribution is 2.41. The number of ether oxygens (including phenoxy) is 4. The monoisotopic (exact) mass is 940 g/mol. The number of alkyl halides is 3. The van der Waals surface area contributed by atoms with E-state index in [9.17, 15) is 37.5 Å². The van der Waals surface area contributed by atoms with Crippen LogP contribution in [0.4, 0.5) is 29.5 Å². The zero-order chi connectivity index (χ0) is 47.3. The predicted molar refractivity (Wildman–Crippen MR) is 236 cm³/mol. The minimum atomic E-state index is -5.08. The number of nitrogens with one attached hydrogen (secondary N) is 3. The summed E-state index contributed by atoms with van der Waals surface area (Å²) in [4.78, 5) is 70.2. The first-order valence-electron chi connectivity index (χ1n) is 21.4. The minimum absolute atomic E-state index is 0.00489. The molecule has 66 heavy (non-hydrogen) atoms. The Morgan fingerprint density at radius 2 is 1.67 bits per heavy atom. The molecule has 0 saturated carbocycles. The Labute approximate surface area is 383 Å². The highest BCUT2D eigenvalue weighted by atomic mass is 35.5. The van der Waals surface area contributed by atoms with Gasteiger partial charge in [0.1, 0.15) is 23.4 Å². The van der Waals surface area contributed by atoms with Crippen LogP contribution in [0.15, 0.2) is 60.9 Å². The van der Waals surface area contributed by atoms with Crippen LogP contribution in [0.5, 0.6) is 5.75 Å². The molecular weight excluding hydrogens is 889 g/mol. The van der Waals surface area contributed by atoms with E-state index in [0.29, 0.717) is 87.1 Å². The summed E-state index contributed by atoms with van der Waals surface area (Å²) in [7, 11) is 2.80. The maximum absolute atomic E-state index is 14.2. The smallest absolute Gasteiger partial charge is 0.453 e. The van der Waals surface area contributed by atoms with Crippen LogP contribution in [0.3, 0.4) is 0 Å². The minimum Gasteiger partial charge on any atom is -0.453 e. The number of halogens is 4. The Morgan fingerprint density at radius 1 is 0.970 bits per heavy atom. The number of amides is 4. The number of H-pyrrole nitrogens is 1. The topological polar surface area (TPSA) is 201 Å². The number of imidazole rings is 1. The molecule has 0 radical (unpaired) electrons. The molecule has 0 spiro atoms. The molecular formula is C45H52ClF3N8O9. The van der Waals surface area contributed by atoms with Crippen LogP contribution in [0.1, 0.15) is 55.3 Å². The van der Waals surface area contributed by atoms with Crippen molar-refractivity contribution in [2.45, 2.75) is 57.7 Å². The summed E-state index contributed by atoms with van der Waals surface area (Å²) < 4.78 is 61.9. The zero-order valence-corrected chi connectivity index (χ0v) is 37.6. The van der Waals surface area contributed by atoms with Gasteiger partial charge in [-0.1, -0.05) is 35.9 Å². The lowest BCUT2D eigenvalue weighted by Gasteiger charge is -2.38. The average Bonchev–Trinajstić information content (AvgIpc) is 4.00. The standard InChI is InChI=1S/C45H52ClF3N8O9/c1-44(2,25-58)42(61)56-15-13-55(14-16-56)37-10-9-29(22-50-37)40(59)53-33-21-36(66-45(47,48)49)31(20-32(33)46)26-5-7-27(8-6-26)34-23-51-39(52-34)35-19-30(63-3)24-57(35)41(60)38(54-43(62)64-4)28-11-17-65-18-12-28/h5-10,20-23,28,30,35,38,58H,11-19,24-25H2,1-4H3,(H,51,52)(H,53,59)(H,54,62). The van der Waals surface area contributed by atoms with Crippen LogP contribution in [0, 0.1) is 11.3 Å². The van der Waals surface area contributed by atoms with Crippen molar-refractivity contribution in [3.63, 3.8) is 0 Å². The number of aromatic amines is 1. The van der Waals surface area contributed by atoms with Gasteiger partial charge in [0.2, 0.25) is 11.8 Å². The summed E-state index contributed by atoms with van der Waals surface area (Å²) in [6.07, 6.45) is -1.57. The number of carbonyl (C=O) groups is 4. The highest BCUT2D eigenvalue weighted by molar-refractivity contribution is 6.34. The quantitative estimate of drug-likeness (QED) is 0.121. The molecule has 4 amide bonds. The average molecular weight is 941 g/mol. The fourth-order valence-corrected chi connectivity index (χ4v) is 8.58. The van der Waals surface area contributed by atoms with Crippen molar-refractivity contribution in [2.24, 2.45) is 11.3 Å². The van der Waals surface area contributed by atoms with Gasteiger partial charge in [0.05, 0.1) is 59.4 Å². The summed E-state index contributed by atoms with van der Waals surface area (Å²) in [5.41, 5.74) is 0.643. The summed E-state index contributed by atoms with van der Waals surface area (Å²) in [5.74, 6) is -0.835. The fraction of sp³-hybridized carbons (Fsp3) is 0.467. The number of hydrogen-bond donors (Lipinski definition) is 4. The number of alkyl carbamates (subject to hydrolysis) is 1. The van der Waals surface area contributed by atoms with Crippen LogP contribution in [-0.4, -0.2) is 139 Å². The van der Waals surface area contributed by atoms with Gasteiger partial charge < -0.3 is 54.4 Å². The second kappa shape index (κ2) is 20.3. The van der Waals surface area contributed by atoms with Crippen LogP contribution >= 0.6 is 11.6 Å². The van der Waals surface area contributed by atoms with Crippen LogP contribution in [0.2, 0.25) is 5.02 Å². The highest BCUT2D eigenvalue weighted by Gasteiger charge is 2.43. The van der Waals surface area contributed by atoms with Crippen molar-refractivity contribution in [3.8, 4) is 28.1 Å². The van der Waals surface area contributed by atoms with Crippen LogP contribution in [-0.2, 0) is 23.8 Å². The van der Waals surface area contributed by atoms with E-state index < -0.39 is 41.6 Å². The Kier molecular flexibility index (Phi) is 14.7. The van der Waals surface area contributed by atoms with Crippen LogP contribution in [0.25, 0.3) is 22.4 Å². The number of benzene rings is 2. The maximum Gasteiger partial charge on any atom is 0.573 e. The van der Waals surface area contributed by atoms with Gasteiger partial charge in [-0.3, -0.25) is 14.4 Å². The molecule has 7 rings (SSSR count). The molecule has 4 aromatic rings. The van der Waals surface area contributed by atoms with Gasteiger partial charge in [0, 0.05) is 77.3 Å². The number of aromatic nitrogens is 3. The Balaban J connectivity index is 1.05. The summed E-state index contributed by atoms with van der Waals surface area (Å²) in [6.45, 7) is 6.12. The first kappa shape index (κ1) is 48.0. The number of aliphatic hydroxyl groups excluding tert-OH is 1. The summed E-state index contributed by atoms with van der Waals surface area (Å²) in [6, 6.07) is 10.6. The molecule has 354 valence electrons. The zero-order valence-electron chi connectivity index (χ0n) is 36.8. The Bertz CT molecular complexity index is 2370. The second-order valence-electron chi connectivity index (χ2n) is 17.0. The van der Waals surface area contributed by atoms with E-state index in [1.54, 1.807) is 67.3 Å². The van der Waals surface area contributed by atoms with Gasteiger partial charge in [-0.25, -0.2) is 14.8 Å². The third kappa shape index (κ3) is 11.0. The summed E-state index contributed by atoms with van der Waals surface area (Å²) >= 11 is 6.60. The largest absolute Gasteiger partial charge is 0.573 e. The number of piperazine rings is 1. The third-order valence-electron chi connectivity index (χ3n) is 12.2. The molecule has 3 saturated heterocycles. The fourth-order valence-electron chi connectivity index (χ4n) is 8.37. The number of hydrogen-bond acceptors (Lipinski definition) is 12. The van der Waals surface area contributed by atoms with Gasteiger partial charge >= 0.3 is 12.5 Å². The molecule has 4 N–H and O–H groups in total. The van der Waals surface area contributed by atoms with Gasteiger partial charge in [0.15, 0.2) is 0 Å². The van der Waals surface area contributed by atoms with Crippen LogP contribution < -0.4 is 20.3 Å². The van der Waals surface area contributed by atoms with E-state index in [1.165, 1.54) is 25.4 Å². The number of likely N-dealkylation sites (tertiary alicyclic amines) is 1. The number of methoxy groups -OCH3 is 2. The Hall–Kier alpha value is -5.96. The lowest BCUT2D eigenvalue weighted by molar-refractivity contribution is -0.274. The molecule has 3 unspecified atom stereocenters. The number of pyridine rings is 1. The van der Waals surface area contributed by atoms with E-state index in [4.69, 9.17) is 25.8 Å². The van der Waals surface area contributed by atoms with Crippen molar-refractivity contribution in [2.75, 3.05) is 77.0 Å². The molecule has 3 atom stereocenters. The van der Waals surface area contributed by atoms with E-state index in [0.717, 1.165) is 6.07 Å². The van der Waals surface area contributed by atoms with Gasteiger partial charge in [-0.15, -0.1) is 13.2 Å². The molecule has 21 heteroatoms. The molecule has 3 aliphatic rings.